The fourth-order valence-corrected chi connectivity index (χ4v) is 4.28. The predicted molar refractivity (Wildman–Crippen MR) is 124 cm³/mol. The number of nitrogens with one attached hydrogen (secondary N) is 1. The third kappa shape index (κ3) is 4.43. The van der Waals surface area contributed by atoms with Crippen LogP contribution >= 0.6 is 0 Å². The SMILES string of the molecule is Oc1cc(F)ccc1-c1cccc2nc(Nc3ccc(CCCN4CCCC4)cc3)nn12. The molecule has 1 fully saturated rings. The van der Waals surface area contributed by atoms with Gasteiger partial charge >= 0.3 is 0 Å². The van der Waals surface area contributed by atoms with E-state index in [2.05, 4.69) is 32.4 Å². The molecule has 32 heavy (non-hydrogen) atoms. The van der Waals surface area contributed by atoms with Crippen molar-refractivity contribution in [3.8, 4) is 17.0 Å². The Hall–Kier alpha value is -3.45. The third-order valence-electron chi connectivity index (χ3n) is 5.94. The lowest BCUT2D eigenvalue weighted by atomic mass is 10.1. The Morgan fingerprint density at radius 2 is 1.81 bits per heavy atom. The molecule has 0 aliphatic carbocycles. The monoisotopic (exact) mass is 431 g/mol. The van der Waals surface area contributed by atoms with Crippen LogP contribution in [0.2, 0.25) is 0 Å². The number of hydrogen-bond donors (Lipinski definition) is 2. The van der Waals surface area contributed by atoms with Crippen LogP contribution in [-0.4, -0.2) is 44.2 Å². The van der Waals surface area contributed by atoms with Crippen molar-refractivity contribution in [2.75, 3.05) is 25.0 Å². The maximum Gasteiger partial charge on any atom is 0.247 e. The predicted octanol–water partition coefficient (Wildman–Crippen LogP) is 5.01. The van der Waals surface area contributed by atoms with Gasteiger partial charge in [0, 0.05) is 17.3 Å². The molecule has 7 heteroatoms. The Morgan fingerprint density at radius 1 is 1.00 bits per heavy atom. The lowest BCUT2D eigenvalue weighted by Gasteiger charge is -2.14. The van der Waals surface area contributed by atoms with E-state index >= 15 is 0 Å². The molecule has 0 radical (unpaired) electrons. The molecular weight excluding hydrogens is 405 g/mol. The summed E-state index contributed by atoms with van der Waals surface area (Å²) < 4.78 is 15.0. The van der Waals surface area contributed by atoms with Gasteiger partial charge in [-0.1, -0.05) is 18.2 Å². The van der Waals surface area contributed by atoms with Gasteiger partial charge in [0.15, 0.2) is 5.65 Å². The molecule has 1 aliphatic rings. The summed E-state index contributed by atoms with van der Waals surface area (Å²) in [5.41, 5.74) is 4.00. The number of aromatic nitrogens is 3. The quantitative estimate of drug-likeness (QED) is 0.430. The molecule has 6 nitrogen and oxygen atoms in total. The molecule has 1 saturated heterocycles. The van der Waals surface area contributed by atoms with E-state index in [1.807, 2.05) is 30.3 Å². The molecule has 0 amide bonds. The second kappa shape index (κ2) is 8.96. The highest BCUT2D eigenvalue weighted by molar-refractivity contribution is 5.70. The van der Waals surface area contributed by atoms with Crippen molar-refractivity contribution in [3.63, 3.8) is 0 Å². The molecule has 5 rings (SSSR count). The van der Waals surface area contributed by atoms with Crippen molar-refractivity contribution in [2.45, 2.75) is 25.7 Å². The molecule has 4 aromatic rings. The molecule has 0 atom stereocenters. The first-order chi connectivity index (χ1) is 15.7. The lowest BCUT2D eigenvalue weighted by molar-refractivity contribution is 0.334. The second-order valence-electron chi connectivity index (χ2n) is 8.25. The summed E-state index contributed by atoms with van der Waals surface area (Å²) in [6.07, 6.45) is 4.93. The van der Waals surface area contributed by atoms with Crippen LogP contribution in [0.5, 0.6) is 5.75 Å². The number of fused-ring (bicyclic) bond motifs is 1. The highest BCUT2D eigenvalue weighted by Gasteiger charge is 2.13. The van der Waals surface area contributed by atoms with Crippen LogP contribution in [0.3, 0.4) is 0 Å². The lowest BCUT2D eigenvalue weighted by Crippen LogP contribution is -2.20. The van der Waals surface area contributed by atoms with E-state index in [0.29, 0.717) is 22.9 Å². The van der Waals surface area contributed by atoms with Gasteiger partial charge in [-0.3, -0.25) is 0 Å². The van der Waals surface area contributed by atoms with Gasteiger partial charge in [0.25, 0.3) is 0 Å². The molecule has 1 aliphatic heterocycles. The van der Waals surface area contributed by atoms with Crippen molar-refractivity contribution in [1.29, 1.82) is 0 Å². The van der Waals surface area contributed by atoms with Gasteiger partial charge in [0.1, 0.15) is 11.6 Å². The maximum atomic E-state index is 13.4. The van der Waals surface area contributed by atoms with Crippen LogP contribution in [0, 0.1) is 5.82 Å². The van der Waals surface area contributed by atoms with Crippen molar-refractivity contribution in [1.82, 2.24) is 19.5 Å². The van der Waals surface area contributed by atoms with Crippen LogP contribution in [0.25, 0.3) is 16.9 Å². The number of phenolic OH excluding ortho intramolecular Hbond substituents is 1. The molecule has 2 aromatic carbocycles. The van der Waals surface area contributed by atoms with Crippen LogP contribution in [0.1, 0.15) is 24.8 Å². The summed E-state index contributed by atoms with van der Waals surface area (Å²) in [7, 11) is 0. The normalized spacial score (nSPS) is 14.3. The summed E-state index contributed by atoms with van der Waals surface area (Å²) in [6, 6.07) is 17.8. The molecule has 0 saturated carbocycles. The van der Waals surface area contributed by atoms with Crippen LogP contribution < -0.4 is 5.32 Å². The van der Waals surface area contributed by atoms with E-state index in [4.69, 9.17) is 0 Å². The number of hydrogen-bond acceptors (Lipinski definition) is 5. The van der Waals surface area contributed by atoms with E-state index in [0.717, 1.165) is 18.2 Å². The van der Waals surface area contributed by atoms with E-state index < -0.39 is 5.82 Å². The Bertz CT molecular complexity index is 1210. The first kappa shape index (κ1) is 20.5. The van der Waals surface area contributed by atoms with E-state index in [9.17, 15) is 9.50 Å². The van der Waals surface area contributed by atoms with Crippen molar-refractivity contribution in [2.24, 2.45) is 0 Å². The molecule has 0 spiro atoms. The Balaban J connectivity index is 1.29. The zero-order valence-electron chi connectivity index (χ0n) is 17.8. The number of nitrogens with zero attached hydrogens (tertiary/aromatic N) is 4. The zero-order chi connectivity index (χ0) is 21.9. The number of rotatable bonds is 7. The number of aromatic hydroxyl groups is 1. The standard InChI is InChI=1S/C25H26FN5O/c26-19-10-13-21(23(32)17-19)22-6-3-7-24-28-25(29-31(22)24)27-20-11-8-18(9-12-20)5-4-16-30-14-1-2-15-30/h3,6-13,17,32H,1-2,4-5,14-16H2,(H,27,29). The highest BCUT2D eigenvalue weighted by Crippen LogP contribution is 2.30. The van der Waals surface area contributed by atoms with Crippen LogP contribution in [-0.2, 0) is 6.42 Å². The second-order valence-corrected chi connectivity index (χ2v) is 8.25. The zero-order valence-corrected chi connectivity index (χ0v) is 17.8. The van der Waals surface area contributed by atoms with Crippen LogP contribution in [0.4, 0.5) is 16.0 Å². The number of anilines is 2. The summed E-state index contributed by atoms with van der Waals surface area (Å²) in [4.78, 5) is 7.08. The van der Waals surface area contributed by atoms with Crippen molar-refractivity contribution in [3.05, 3.63) is 72.0 Å². The average molecular weight is 432 g/mol. The molecule has 2 N–H and O–H groups in total. The largest absolute Gasteiger partial charge is 0.507 e. The summed E-state index contributed by atoms with van der Waals surface area (Å²) >= 11 is 0. The van der Waals surface area contributed by atoms with Gasteiger partial charge in [-0.15, -0.1) is 5.10 Å². The fourth-order valence-electron chi connectivity index (χ4n) is 4.28. The van der Waals surface area contributed by atoms with E-state index in [1.54, 1.807) is 4.52 Å². The number of benzene rings is 2. The minimum absolute atomic E-state index is 0.136. The molecule has 0 bridgehead atoms. The summed E-state index contributed by atoms with van der Waals surface area (Å²) in [5, 5.41) is 18.0. The highest BCUT2D eigenvalue weighted by atomic mass is 19.1. The molecule has 0 unspecified atom stereocenters. The van der Waals surface area contributed by atoms with Gasteiger partial charge in [-0.05, 0) is 87.3 Å². The van der Waals surface area contributed by atoms with Crippen molar-refractivity contribution >= 4 is 17.3 Å². The van der Waals surface area contributed by atoms with Gasteiger partial charge in [-0.25, -0.2) is 8.91 Å². The average Bonchev–Trinajstić information content (AvgIpc) is 3.44. The van der Waals surface area contributed by atoms with Gasteiger partial charge < -0.3 is 15.3 Å². The Morgan fingerprint density at radius 3 is 2.59 bits per heavy atom. The number of pyridine rings is 1. The topological polar surface area (TPSA) is 65.7 Å². The van der Waals surface area contributed by atoms with Gasteiger partial charge in [-0.2, -0.15) is 4.98 Å². The third-order valence-corrected chi connectivity index (χ3v) is 5.94. The van der Waals surface area contributed by atoms with E-state index in [1.165, 1.54) is 56.6 Å². The fraction of sp³-hybridized carbons (Fsp3) is 0.280. The van der Waals surface area contributed by atoms with Crippen LogP contribution in [0.15, 0.2) is 60.7 Å². The van der Waals surface area contributed by atoms with Gasteiger partial charge in [0.2, 0.25) is 5.95 Å². The number of aryl methyl sites for hydroxylation is 1. The Labute approximate surface area is 186 Å². The maximum absolute atomic E-state index is 13.4. The number of likely N-dealkylation sites (tertiary alicyclic amines) is 1. The Kier molecular flexibility index (Phi) is 5.73. The first-order valence-electron chi connectivity index (χ1n) is 11.1. The minimum atomic E-state index is -0.487. The summed E-state index contributed by atoms with van der Waals surface area (Å²) in [6.45, 7) is 3.67. The minimum Gasteiger partial charge on any atom is -0.507 e. The van der Waals surface area contributed by atoms with Gasteiger partial charge in [0.05, 0.1) is 5.69 Å². The number of halogens is 1. The molecule has 164 valence electrons. The number of phenols is 1. The summed E-state index contributed by atoms with van der Waals surface area (Å²) in [5.74, 6) is -0.164. The molecular formula is C25H26FN5O. The molecule has 3 heterocycles. The molecule has 2 aromatic heterocycles. The first-order valence-corrected chi connectivity index (χ1v) is 11.1. The van der Waals surface area contributed by atoms with Crippen molar-refractivity contribution < 1.29 is 9.50 Å². The smallest absolute Gasteiger partial charge is 0.247 e. The van der Waals surface area contributed by atoms with E-state index in [-0.39, 0.29) is 5.75 Å².